The maximum absolute atomic E-state index is 11.7. The Morgan fingerprint density at radius 1 is 1.44 bits per heavy atom. The number of ether oxygens (including phenoxy) is 1. The number of nitrogens with one attached hydrogen (secondary N) is 1. The molecule has 1 aliphatic heterocycles. The van der Waals surface area contributed by atoms with Gasteiger partial charge in [0.15, 0.2) is 0 Å². The molecular formula is C14H27NO2S. The standard InChI is InChI=1S/C14H27NO2S/c1-3-4-5-6-7-12(2)17-14(16)10-13-11-18-9-8-15-13/h12-13,15H,3-11H2,1-2H3. The third-order valence-corrected chi connectivity index (χ3v) is 4.34. The first kappa shape index (κ1) is 15.8. The van der Waals surface area contributed by atoms with Crippen molar-refractivity contribution in [1.82, 2.24) is 5.32 Å². The molecule has 1 saturated heterocycles. The highest BCUT2D eigenvalue weighted by molar-refractivity contribution is 7.99. The molecule has 2 atom stereocenters. The van der Waals surface area contributed by atoms with E-state index in [1.165, 1.54) is 25.7 Å². The Hall–Kier alpha value is -0.220. The normalized spacial score (nSPS) is 21.6. The molecule has 2 unspecified atom stereocenters. The Morgan fingerprint density at radius 3 is 2.94 bits per heavy atom. The van der Waals surface area contributed by atoms with Crippen molar-refractivity contribution in [2.24, 2.45) is 0 Å². The summed E-state index contributed by atoms with van der Waals surface area (Å²) in [6.45, 7) is 5.22. The molecule has 0 radical (unpaired) electrons. The van der Waals surface area contributed by atoms with Crippen LogP contribution in [0.25, 0.3) is 0 Å². The summed E-state index contributed by atoms with van der Waals surface area (Å²) in [5.41, 5.74) is 0. The van der Waals surface area contributed by atoms with Crippen molar-refractivity contribution in [1.29, 1.82) is 0 Å². The molecule has 18 heavy (non-hydrogen) atoms. The maximum atomic E-state index is 11.7. The van der Waals surface area contributed by atoms with Gasteiger partial charge in [-0.3, -0.25) is 4.79 Å². The van der Waals surface area contributed by atoms with E-state index >= 15 is 0 Å². The fraction of sp³-hybridized carbons (Fsp3) is 0.929. The van der Waals surface area contributed by atoms with E-state index in [-0.39, 0.29) is 12.1 Å². The topological polar surface area (TPSA) is 38.3 Å². The molecule has 1 aliphatic rings. The van der Waals surface area contributed by atoms with Crippen molar-refractivity contribution in [3.63, 3.8) is 0 Å². The van der Waals surface area contributed by atoms with Gasteiger partial charge in [-0.25, -0.2) is 0 Å². The molecule has 1 rings (SSSR count). The Kier molecular flexibility index (Phi) is 8.51. The first-order valence-electron chi connectivity index (χ1n) is 7.23. The zero-order valence-corrected chi connectivity index (χ0v) is 12.6. The summed E-state index contributed by atoms with van der Waals surface area (Å²) < 4.78 is 5.45. The van der Waals surface area contributed by atoms with Gasteiger partial charge in [0.1, 0.15) is 0 Å². The first-order chi connectivity index (χ1) is 8.72. The summed E-state index contributed by atoms with van der Waals surface area (Å²) in [6.07, 6.45) is 6.54. The third kappa shape index (κ3) is 7.27. The van der Waals surface area contributed by atoms with Crippen molar-refractivity contribution < 1.29 is 9.53 Å². The Morgan fingerprint density at radius 2 is 2.28 bits per heavy atom. The number of hydrogen-bond acceptors (Lipinski definition) is 4. The molecule has 0 spiro atoms. The molecule has 1 fully saturated rings. The number of hydrogen-bond donors (Lipinski definition) is 1. The molecule has 4 heteroatoms. The van der Waals surface area contributed by atoms with E-state index in [2.05, 4.69) is 12.2 Å². The van der Waals surface area contributed by atoms with Crippen LogP contribution in [-0.2, 0) is 9.53 Å². The summed E-state index contributed by atoms with van der Waals surface area (Å²) in [6, 6.07) is 0.309. The predicted molar refractivity (Wildman–Crippen MR) is 78.0 cm³/mol. The number of carbonyl (C=O) groups excluding carboxylic acids is 1. The van der Waals surface area contributed by atoms with Crippen LogP contribution >= 0.6 is 11.8 Å². The number of esters is 1. The van der Waals surface area contributed by atoms with Gasteiger partial charge in [-0.05, 0) is 19.8 Å². The maximum Gasteiger partial charge on any atom is 0.307 e. The number of rotatable bonds is 8. The summed E-state index contributed by atoms with van der Waals surface area (Å²) in [5, 5.41) is 3.36. The zero-order chi connectivity index (χ0) is 13.2. The average molecular weight is 273 g/mol. The zero-order valence-electron chi connectivity index (χ0n) is 11.7. The van der Waals surface area contributed by atoms with Crippen LogP contribution in [0.1, 0.15) is 52.4 Å². The van der Waals surface area contributed by atoms with Gasteiger partial charge in [0.2, 0.25) is 0 Å². The van der Waals surface area contributed by atoms with Gasteiger partial charge in [-0.2, -0.15) is 11.8 Å². The van der Waals surface area contributed by atoms with Crippen molar-refractivity contribution in [3.05, 3.63) is 0 Å². The molecule has 106 valence electrons. The van der Waals surface area contributed by atoms with E-state index < -0.39 is 0 Å². The number of unbranched alkanes of at least 4 members (excludes halogenated alkanes) is 3. The lowest BCUT2D eigenvalue weighted by molar-refractivity contribution is -0.149. The average Bonchev–Trinajstić information content (AvgIpc) is 2.35. The monoisotopic (exact) mass is 273 g/mol. The highest BCUT2D eigenvalue weighted by Gasteiger charge is 2.18. The van der Waals surface area contributed by atoms with E-state index in [0.29, 0.717) is 12.5 Å². The largest absolute Gasteiger partial charge is 0.463 e. The van der Waals surface area contributed by atoms with Crippen molar-refractivity contribution in [2.75, 3.05) is 18.1 Å². The van der Waals surface area contributed by atoms with Crippen molar-refractivity contribution in [3.8, 4) is 0 Å². The Balaban J connectivity index is 2.06. The second-order valence-corrected chi connectivity index (χ2v) is 6.23. The minimum Gasteiger partial charge on any atom is -0.463 e. The third-order valence-electron chi connectivity index (χ3n) is 3.21. The minimum atomic E-state index is -0.0435. The van der Waals surface area contributed by atoms with Crippen LogP contribution in [0.4, 0.5) is 0 Å². The molecule has 0 bridgehead atoms. The summed E-state index contributed by atoms with van der Waals surface area (Å²) in [4.78, 5) is 11.7. The predicted octanol–water partition coefficient (Wildman–Crippen LogP) is 2.98. The van der Waals surface area contributed by atoms with E-state index in [1.54, 1.807) is 0 Å². The van der Waals surface area contributed by atoms with E-state index in [1.807, 2.05) is 18.7 Å². The van der Waals surface area contributed by atoms with Crippen LogP contribution in [0.5, 0.6) is 0 Å². The van der Waals surface area contributed by atoms with Crippen LogP contribution in [0.2, 0.25) is 0 Å². The molecule has 1 heterocycles. The lowest BCUT2D eigenvalue weighted by Crippen LogP contribution is -2.39. The van der Waals surface area contributed by atoms with Crippen LogP contribution < -0.4 is 5.32 Å². The lowest BCUT2D eigenvalue weighted by atomic mass is 10.1. The second-order valence-electron chi connectivity index (χ2n) is 5.08. The second kappa shape index (κ2) is 9.68. The SMILES string of the molecule is CCCCCCC(C)OC(=O)CC1CSCCN1. The van der Waals surface area contributed by atoms with Crippen LogP contribution in [0.3, 0.4) is 0 Å². The van der Waals surface area contributed by atoms with Crippen molar-refractivity contribution >= 4 is 17.7 Å². The van der Waals surface area contributed by atoms with Gasteiger partial charge in [0, 0.05) is 24.1 Å². The molecular weight excluding hydrogens is 246 g/mol. The van der Waals surface area contributed by atoms with Crippen LogP contribution in [0, 0.1) is 0 Å². The van der Waals surface area contributed by atoms with E-state index in [4.69, 9.17) is 4.74 Å². The van der Waals surface area contributed by atoms with E-state index in [0.717, 1.165) is 24.5 Å². The number of thioether (sulfide) groups is 1. The smallest absolute Gasteiger partial charge is 0.307 e. The first-order valence-corrected chi connectivity index (χ1v) is 8.38. The van der Waals surface area contributed by atoms with Gasteiger partial charge in [0.25, 0.3) is 0 Å². The van der Waals surface area contributed by atoms with Gasteiger partial charge >= 0.3 is 5.97 Å². The molecule has 0 aromatic heterocycles. The molecule has 0 aliphatic carbocycles. The van der Waals surface area contributed by atoms with Gasteiger partial charge < -0.3 is 10.1 Å². The Bertz CT molecular complexity index is 230. The molecule has 3 nitrogen and oxygen atoms in total. The van der Waals surface area contributed by atoms with Gasteiger partial charge in [-0.15, -0.1) is 0 Å². The highest BCUT2D eigenvalue weighted by atomic mass is 32.2. The fourth-order valence-corrected chi connectivity index (χ4v) is 3.09. The summed E-state index contributed by atoms with van der Waals surface area (Å²) >= 11 is 1.91. The van der Waals surface area contributed by atoms with Crippen LogP contribution in [-0.4, -0.2) is 36.2 Å². The summed E-state index contributed by atoms with van der Waals surface area (Å²) in [7, 11) is 0. The van der Waals surface area contributed by atoms with Gasteiger partial charge in [-0.1, -0.05) is 26.2 Å². The minimum absolute atomic E-state index is 0.0435. The van der Waals surface area contributed by atoms with E-state index in [9.17, 15) is 4.79 Å². The molecule has 0 amide bonds. The summed E-state index contributed by atoms with van der Waals surface area (Å²) in [5.74, 6) is 2.14. The van der Waals surface area contributed by atoms with Gasteiger partial charge in [0.05, 0.1) is 12.5 Å². The number of carbonyl (C=O) groups is 1. The molecule has 0 saturated carbocycles. The molecule has 0 aromatic carbocycles. The quantitative estimate of drug-likeness (QED) is 0.545. The Labute approximate surface area is 115 Å². The lowest BCUT2D eigenvalue weighted by Gasteiger charge is -2.23. The van der Waals surface area contributed by atoms with Crippen molar-refractivity contribution in [2.45, 2.75) is 64.5 Å². The molecule has 1 N–H and O–H groups in total. The van der Waals surface area contributed by atoms with Crippen LogP contribution in [0.15, 0.2) is 0 Å². The fourth-order valence-electron chi connectivity index (χ4n) is 2.14. The molecule has 0 aromatic rings. The highest BCUT2D eigenvalue weighted by Crippen LogP contribution is 2.13.